The Kier molecular flexibility index (Phi) is 3.97. The maximum absolute atomic E-state index is 6.21. The van der Waals surface area contributed by atoms with E-state index in [4.69, 9.17) is 9.72 Å². The van der Waals surface area contributed by atoms with E-state index in [0.717, 1.165) is 18.1 Å². The number of nitrogens with zero attached hydrogens (tertiary/aromatic N) is 1. The molecule has 0 N–H and O–H groups in total. The molecule has 31 heavy (non-hydrogen) atoms. The standard InChI is InChI=1S/C28H25NOS/c1-16-15-30-27-19(16)9-10-22-25(27)24-23(31-22)11-12-29-26(24)18-13-17-7-5-6-8-20(17)21(14-18)28(2,3)4/h5-14,16H,15H2,1-4H3. The summed E-state index contributed by atoms with van der Waals surface area (Å²) in [4.78, 5) is 4.93. The molecule has 0 aliphatic carbocycles. The molecule has 2 aromatic heterocycles. The Labute approximate surface area is 186 Å². The normalized spacial score (nSPS) is 16.2. The summed E-state index contributed by atoms with van der Waals surface area (Å²) in [5.41, 5.74) is 4.94. The topological polar surface area (TPSA) is 22.1 Å². The molecular weight excluding hydrogens is 398 g/mol. The van der Waals surface area contributed by atoms with Crippen LogP contribution >= 0.6 is 11.3 Å². The monoisotopic (exact) mass is 423 g/mol. The summed E-state index contributed by atoms with van der Waals surface area (Å²) >= 11 is 1.83. The van der Waals surface area contributed by atoms with Crippen molar-refractivity contribution in [3.63, 3.8) is 0 Å². The van der Waals surface area contributed by atoms with Gasteiger partial charge in [0.05, 0.1) is 12.3 Å². The average Bonchev–Trinajstić information content (AvgIpc) is 3.32. The summed E-state index contributed by atoms with van der Waals surface area (Å²) < 4.78 is 8.75. The third kappa shape index (κ3) is 2.80. The quantitative estimate of drug-likeness (QED) is 0.272. The molecule has 0 radical (unpaired) electrons. The average molecular weight is 424 g/mol. The number of hydrogen-bond donors (Lipinski definition) is 0. The van der Waals surface area contributed by atoms with Crippen LogP contribution in [-0.2, 0) is 5.41 Å². The first kappa shape index (κ1) is 18.8. The van der Waals surface area contributed by atoms with Crippen LogP contribution in [0.5, 0.6) is 5.75 Å². The minimum absolute atomic E-state index is 0.0417. The summed E-state index contributed by atoms with van der Waals surface area (Å²) in [7, 11) is 0. The molecule has 0 saturated heterocycles. The maximum Gasteiger partial charge on any atom is 0.132 e. The fraction of sp³-hybridized carbons (Fsp3) is 0.250. The maximum atomic E-state index is 6.21. The van der Waals surface area contributed by atoms with Crippen LogP contribution in [0.3, 0.4) is 0 Å². The third-order valence-electron chi connectivity index (χ3n) is 6.48. The zero-order valence-electron chi connectivity index (χ0n) is 18.3. The van der Waals surface area contributed by atoms with E-state index >= 15 is 0 Å². The Bertz CT molecular complexity index is 1490. The van der Waals surface area contributed by atoms with E-state index in [0.29, 0.717) is 5.92 Å². The molecule has 1 unspecified atom stereocenters. The number of fused-ring (bicyclic) bond motifs is 6. The molecule has 6 rings (SSSR count). The van der Waals surface area contributed by atoms with Gasteiger partial charge in [-0.2, -0.15) is 0 Å². The van der Waals surface area contributed by atoms with Gasteiger partial charge in [0.15, 0.2) is 0 Å². The Hall–Kier alpha value is -2.91. The molecule has 1 aliphatic rings. The number of thiophene rings is 1. The molecule has 0 bridgehead atoms. The summed E-state index contributed by atoms with van der Waals surface area (Å²) in [5, 5.41) is 5.04. The number of rotatable bonds is 1. The van der Waals surface area contributed by atoms with Gasteiger partial charge in [-0.15, -0.1) is 11.3 Å². The van der Waals surface area contributed by atoms with Crippen LogP contribution in [0.4, 0.5) is 0 Å². The van der Waals surface area contributed by atoms with Gasteiger partial charge in [-0.25, -0.2) is 0 Å². The molecule has 3 heteroatoms. The van der Waals surface area contributed by atoms with Crippen LogP contribution in [0.15, 0.2) is 60.8 Å². The van der Waals surface area contributed by atoms with E-state index in [2.05, 4.69) is 82.3 Å². The van der Waals surface area contributed by atoms with Crippen molar-refractivity contribution in [2.45, 2.75) is 39.0 Å². The molecular formula is C28H25NOS. The van der Waals surface area contributed by atoms with Crippen molar-refractivity contribution in [3.05, 3.63) is 71.9 Å². The lowest BCUT2D eigenvalue weighted by Gasteiger charge is -2.23. The second-order valence-corrected chi connectivity index (χ2v) is 10.8. The van der Waals surface area contributed by atoms with Gasteiger partial charge in [0.2, 0.25) is 0 Å². The van der Waals surface area contributed by atoms with Gasteiger partial charge in [0.1, 0.15) is 5.75 Å². The van der Waals surface area contributed by atoms with Gasteiger partial charge in [0, 0.05) is 43.4 Å². The number of benzene rings is 3. The molecule has 0 saturated carbocycles. The zero-order valence-corrected chi connectivity index (χ0v) is 19.1. The van der Waals surface area contributed by atoms with Crippen molar-refractivity contribution in [1.29, 1.82) is 0 Å². The predicted octanol–water partition coefficient (Wildman–Crippen LogP) is 8.06. The lowest BCUT2D eigenvalue weighted by Crippen LogP contribution is -2.12. The van der Waals surface area contributed by atoms with Crippen molar-refractivity contribution in [3.8, 4) is 17.0 Å². The van der Waals surface area contributed by atoms with Crippen LogP contribution in [0.25, 0.3) is 42.2 Å². The highest BCUT2D eigenvalue weighted by Gasteiger charge is 2.26. The lowest BCUT2D eigenvalue weighted by molar-refractivity contribution is 0.340. The first-order chi connectivity index (χ1) is 14.9. The van der Waals surface area contributed by atoms with Gasteiger partial charge in [-0.05, 0) is 46.0 Å². The van der Waals surface area contributed by atoms with Gasteiger partial charge in [-0.1, -0.05) is 58.0 Å². The molecule has 0 amide bonds. The third-order valence-corrected chi connectivity index (χ3v) is 7.60. The van der Waals surface area contributed by atoms with Crippen LogP contribution in [0.2, 0.25) is 0 Å². The Morgan fingerprint density at radius 3 is 2.61 bits per heavy atom. The van der Waals surface area contributed by atoms with Crippen LogP contribution in [0, 0.1) is 0 Å². The number of aromatic nitrogens is 1. The molecule has 2 nitrogen and oxygen atoms in total. The Morgan fingerprint density at radius 2 is 1.77 bits per heavy atom. The highest BCUT2D eigenvalue weighted by atomic mass is 32.1. The van der Waals surface area contributed by atoms with Gasteiger partial charge in [-0.3, -0.25) is 4.98 Å². The zero-order chi connectivity index (χ0) is 21.3. The SMILES string of the molecule is CC1COc2c1ccc1sc3ccnc(-c4cc(C(C)(C)C)c5ccccc5c4)c3c21. The van der Waals surface area contributed by atoms with Crippen molar-refractivity contribution >= 4 is 42.3 Å². The van der Waals surface area contributed by atoms with Crippen molar-refractivity contribution in [1.82, 2.24) is 4.98 Å². The fourth-order valence-corrected chi connectivity index (χ4v) is 6.02. The van der Waals surface area contributed by atoms with Crippen molar-refractivity contribution in [2.24, 2.45) is 0 Å². The highest BCUT2D eigenvalue weighted by molar-refractivity contribution is 7.26. The molecule has 3 aromatic carbocycles. The van der Waals surface area contributed by atoms with Gasteiger partial charge in [0.25, 0.3) is 0 Å². The van der Waals surface area contributed by atoms with Gasteiger partial charge < -0.3 is 4.74 Å². The van der Waals surface area contributed by atoms with E-state index < -0.39 is 0 Å². The van der Waals surface area contributed by atoms with Crippen molar-refractivity contribution < 1.29 is 4.74 Å². The second-order valence-electron chi connectivity index (χ2n) is 9.70. The molecule has 0 fully saturated rings. The summed E-state index contributed by atoms with van der Waals surface area (Å²) in [6.45, 7) is 9.86. The molecule has 1 atom stereocenters. The number of hydrogen-bond acceptors (Lipinski definition) is 3. The summed E-state index contributed by atoms with van der Waals surface area (Å²) in [6.07, 6.45) is 1.95. The smallest absolute Gasteiger partial charge is 0.132 e. The van der Waals surface area contributed by atoms with E-state index in [9.17, 15) is 0 Å². The van der Waals surface area contributed by atoms with E-state index in [-0.39, 0.29) is 5.41 Å². The number of pyridine rings is 1. The second kappa shape index (κ2) is 6.54. The largest absolute Gasteiger partial charge is 0.492 e. The Morgan fingerprint density at radius 1 is 0.968 bits per heavy atom. The molecule has 1 aliphatic heterocycles. The van der Waals surface area contributed by atoms with Crippen LogP contribution in [0.1, 0.15) is 44.7 Å². The number of ether oxygens (including phenoxy) is 1. The molecule has 5 aromatic rings. The Balaban J connectivity index is 1.72. The van der Waals surface area contributed by atoms with E-state index in [1.165, 1.54) is 47.6 Å². The predicted molar refractivity (Wildman–Crippen MR) is 133 cm³/mol. The summed E-state index contributed by atoms with van der Waals surface area (Å²) in [5.74, 6) is 1.49. The van der Waals surface area contributed by atoms with Gasteiger partial charge >= 0.3 is 0 Å². The summed E-state index contributed by atoms with van der Waals surface area (Å²) in [6, 6.07) is 20.0. The molecule has 3 heterocycles. The highest BCUT2D eigenvalue weighted by Crippen LogP contribution is 2.48. The van der Waals surface area contributed by atoms with Crippen LogP contribution in [-0.4, -0.2) is 11.6 Å². The molecule has 154 valence electrons. The van der Waals surface area contributed by atoms with E-state index in [1.54, 1.807) is 0 Å². The molecule has 0 spiro atoms. The van der Waals surface area contributed by atoms with Crippen molar-refractivity contribution in [2.75, 3.05) is 6.61 Å². The van der Waals surface area contributed by atoms with E-state index in [1.807, 2.05) is 17.5 Å². The lowest BCUT2D eigenvalue weighted by atomic mass is 9.82. The minimum Gasteiger partial charge on any atom is -0.492 e. The first-order valence-corrected chi connectivity index (χ1v) is 11.7. The fourth-order valence-electron chi connectivity index (χ4n) is 4.92. The first-order valence-electron chi connectivity index (χ1n) is 10.9. The van der Waals surface area contributed by atoms with Crippen LogP contribution < -0.4 is 4.74 Å². The minimum atomic E-state index is 0.0417.